The summed E-state index contributed by atoms with van der Waals surface area (Å²) in [6.45, 7) is 4.01. The van der Waals surface area contributed by atoms with E-state index in [2.05, 4.69) is 10.1 Å². The maximum absolute atomic E-state index is 13.1. The van der Waals surface area contributed by atoms with Gasteiger partial charge in [-0.3, -0.25) is 4.79 Å². The lowest BCUT2D eigenvalue weighted by Gasteiger charge is -2.18. The zero-order valence-electron chi connectivity index (χ0n) is 11.3. The van der Waals surface area contributed by atoms with E-state index in [0.29, 0.717) is 24.7 Å². The van der Waals surface area contributed by atoms with Gasteiger partial charge in [-0.25, -0.2) is 4.39 Å². The molecule has 1 atom stereocenters. The summed E-state index contributed by atoms with van der Waals surface area (Å²) < 4.78 is 18.3. The Morgan fingerprint density at radius 3 is 2.85 bits per heavy atom. The number of halogens is 1. The minimum absolute atomic E-state index is 0.0134. The van der Waals surface area contributed by atoms with Gasteiger partial charge < -0.3 is 9.42 Å². The van der Waals surface area contributed by atoms with Gasteiger partial charge in [0.1, 0.15) is 5.82 Å². The molecule has 0 unspecified atom stereocenters. The molecule has 2 aromatic rings. The van der Waals surface area contributed by atoms with Crippen molar-refractivity contribution in [1.29, 1.82) is 0 Å². The topological polar surface area (TPSA) is 59.2 Å². The second-order valence-electron chi connectivity index (χ2n) is 5.02. The summed E-state index contributed by atoms with van der Waals surface area (Å²) in [5, 5.41) is 3.75. The van der Waals surface area contributed by atoms with Crippen LogP contribution in [0.15, 0.2) is 22.7 Å². The average Bonchev–Trinajstić information content (AvgIpc) is 2.96. The Kier molecular flexibility index (Phi) is 3.00. The van der Waals surface area contributed by atoms with E-state index in [1.807, 2.05) is 0 Å². The minimum atomic E-state index is -0.304. The number of aromatic nitrogens is 2. The van der Waals surface area contributed by atoms with E-state index in [1.54, 1.807) is 24.8 Å². The molecule has 0 spiro atoms. The van der Waals surface area contributed by atoms with Gasteiger partial charge in [-0.05, 0) is 37.6 Å². The fourth-order valence-electron chi connectivity index (χ4n) is 2.51. The predicted molar refractivity (Wildman–Crippen MR) is 69.9 cm³/mol. The molecule has 2 heterocycles. The first-order valence-electron chi connectivity index (χ1n) is 6.41. The number of amides is 1. The summed E-state index contributed by atoms with van der Waals surface area (Å²) in [7, 11) is 0. The lowest BCUT2D eigenvalue weighted by atomic mass is 10.1. The van der Waals surface area contributed by atoms with Crippen molar-refractivity contribution < 1.29 is 13.7 Å². The Bertz CT molecular complexity index is 668. The first-order valence-corrected chi connectivity index (χ1v) is 6.41. The third-order valence-corrected chi connectivity index (χ3v) is 3.47. The number of hydrogen-bond acceptors (Lipinski definition) is 4. The van der Waals surface area contributed by atoms with Crippen LogP contribution in [0.2, 0.25) is 0 Å². The minimum Gasteiger partial charge on any atom is -0.339 e. The largest absolute Gasteiger partial charge is 0.339 e. The summed E-state index contributed by atoms with van der Waals surface area (Å²) in [6, 6.07) is 4.41. The highest BCUT2D eigenvalue weighted by Gasteiger charge is 2.35. The van der Waals surface area contributed by atoms with Crippen LogP contribution in [0.5, 0.6) is 0 Å². The molecular weight excluding hydrogens is 261 g/mol. The monoisotopic (exact) mass is 275 g/mol. The van der Waals surface area contributed by atoms with E-state index < -0.39 is 0 Å². The van der Waals surface area contributed by atoms with Gasteiger partial charge in [-0.2, -0.15) is 4.98 Å². The third-order valence-electron chi connectivity index (χ3n) is 3.47. The van der Waals surface area contributed by atoms with E-state index >= 15 is 0 Å². The zero-order chi connectivity index (χ0) is 14.3. The first kappa shape index (κ1) is 12.8. The summed E-state index contributed by atoms with van der Waals surface area (Å²) in [5.74, 6) is 0.623. The van der Waals surface area contributed by atoms with Crippen LogP contribution >= 0.6 is 0 Å². The summed E-state index contributed by atoms with van der Waals surface area (Å²) in [4.78, 5) is 18.0. The highest BCUT2D eigenvalue weighted by Crippen LogP contribution is 2.32. The highest BCUT2D eigenvalue weighted by molar-refractivity contribution is 5.97. The number of aryl methyl sites for hydroxylation is 2. The number of nitrogens with zero attached hydrogens (tertiary/aromatic N) is 3. The van der Waals surface area contributed by atoms with Crippen molar-refractivity contribution in [3.8, 4) is 0 Å². The van der Waals surface area contributed by atoms with Gasteiger partial charge in [0.15, 0.2) is 5.82 Å². The van der Waals surface area contributed by atoms with Crippen LogP contribution in [-0.4, -0.2) is 22.6 Å². The zero-order valence-corrected chi connectivity index (χ0v) is 11.3. The molecule has 3 rings (SSSR count). The molecule has 20 heavy (non-hydrogen) atoms. The Morgan fingerprint density at radius 2 is 2.20 bits per heavy atom. The van der Waals surface area contributed by atoms with Crippen molar-refractivity contribution in [2.45, 2.75) is 26.2 Å². The molecule has 0 saturated carbocycles. The Balaban J connectivity index is 1.87. The Labute approximate surface area is 115 Å². The molecule has 1 saturated heterocycles. The normalized spacial score (nSPS) is 18.9. The van der Waals surface area contributed by atoms with Gasteiger partial charge in [0.05, 0.1) is 5.92 Å². The molecule has 0 radical (unpaired) electrons. The van der Waals surface area contributed by atoms with Gasteiger partial charge in [0.25, 0.3) is 0 Å². The highest BCUT2D eigenvalue weighted by atomic mass is 19.1. The van der Waals surface area contributed by atoms with E-state index in [0.717, 1.165) is 11.3 Å². The molecule has 104 valence electrons. The molecule has 1 aromatic carbocycles. The standard InChI is InChI=1S/C14H14FN3O2/c1-8-5-11(15)3-4-12(8)18-7-10(6-13(18)19)14-16-9(2)17-20-14/h3-5,10H,6-7H2,1-2H3/t10-/m1/s1. The van der Waals surface area contributed by atoms with Crippen molar-refractivity contribution in [1.82, 2.24) is 10.1 Å². The van der Waals surface area contributed by atoms with E-state index in [9.17, 15) is 9.18 Å². The third kappa shape index (κ3) is 2.17. The molecule has 1 aliphatic heterocycles. The second kappa shape index (κ2) is 4.70. The maximum Gasteiger partial charge on any atom is 0.232 e. The van der Waals surface area contributed by atoms with Crippen molar-refractivity contribution in [2.75, 3.05) is 11.4 Å². The van der Waals surface area contributed by atoms with E-state index in [1.165, 1.54) is 12.1 Å². The number of hydrogen-bond donors (Lipinski definition) is 0. The molecule has 1 aromatic heterocycles. The van der Waals surface area contributed by atoms with Crippen molar-refractivity contribution in [2.24, 2.45) is 0 Å². The lowest BCUT2D eigenvalue weighted by molar-refractivity contribution is -0.117. The number of carbonyl (C=O) groups excluding carboxylic acids is 1. The molecule has 1 aliphatic rings. The van der Waals surface area contributed by atoms with Crippen LogP contribution in [0.4, 0.5) is 10.1 Å². The average molecular weight is 275 g/mol. The van der Waals surface area contributed by atoms with Crippen molar-refractivity contribution >= 4 is 11.6 Å². The van der Waals surface area contributed by atoms with Crippen molar-refractivity contribution in [3.05, 3.63) is 41.3 Å². The smallest absolute Gasteiger partial charge is 0.232 e. The molecule has 5 nitrogen and oxygen atoms in total. The number of anilines is 1. The van der Waals surface area contributed by atoms with Crippen LogP contribution in [0.1, 0.15) is 29.6 Å². The Morgan fingerprint density at radius 1 is 1.40 bits per heavy atom. The number of benzene rings is 1. The van der Waals surface area contributed by atoms with Gasteiger partial charge in [-0.1, -0.05) is 5.16 Å². The summed E-state index contributed by atoms with van der Waals surface area (Å²) >= 11 is 0. The van der Waals surface area contributed by atoms with E-state index in [4.69, 9.17) is 4.52 Å². The molecule has 0 aliphatic carbocycles. The molecular formula is C14H14FN3O2. The molecule has 1 amide bonds. The van der Waals surface area contributed by atoms with E-state index in [-0.39, 0.29) is 17.6 Å². The molecule has 1 fully saturated rings. The lowest BCUT2D eigenvalue weighted by Crippen LogP contribution is -2.25. The van der Waals surface area contributed by atoms with Crippen LogP contribution in [-0.2, 0) is 4.79 Å². The SMILES string of the molecule is Cc1noc([C@@H]2CC(=O)N(c3ccc(F)cc3C)C2)n1. The summed E-state index contributed by atoms with van der Waals surface area (Å²) in [5.41, 5.74) is 1.47. The molecule has 0 N–H and O–H groups in total. The predicted octanol–water partition coefficient (Wildman–Crippen LogP) is 2.35. The quantitative estimate of drug-likeness (QED) is 0.844. The first-order chi connectivity index (χ1) is 9.54. The Hall–Kier alpha value is -2.24. The maximum atomic E-state index is 13.1. The molecule has 6 heteroatoms. The van der Waals surface area contributed by atoms with Crippen LogP contribution in [0.3, 0.4) is 0 Å². The van der Waals surface area contributed by atoms with Crippen LogP contribution < -0.4 is 4.90 Å². The fraction of sp³-hybridized carbons (Fsp3) is 0.357. The fourth-order valence-corrected chi connectivity index (χ4v) is 2.51. The van der Waals surface area contributed by atoms with Crippen LogP contribution in [0.25, 0.3) is 0 Å². The van der Waals surface area contributed by atoms with Crippen molar-refractivity contribution in [3.63, 3.8) is 0 Å². The van der Waals surface area contributed by atoms with Gasteiger partial charge in [0, 0.05) is 18.7 Å². The number of carbonyl (C=O) groups is 1. The van der Waals surface area contributed by atoms with Gasteiger partial charge in [-0.15, -0.1) is 0 Å². The summed E-state index contributed by atoms with van der Waals surface area (Å²) in [6.07, 6.45) is 0.332. The number of rotatable bonds is 2. The van der Waals surface area contributed by atoms with Gasteiger partial charge in [0.2, 0.25) is 11.8 Å². The van der Waals surface area contributed by atoms with Gasteiger partial charge >= 0.3 is 0 Å². The second-order valence-corrected chi connectivity index (χ2v) is 5.02. The molecule has 0 bridgehead atoms. The van der Waals surface area contributed by atoms with Crippen LogP contribution in [0, 0.1) is 19.7 Å².